The van der Waals surface area contributed by atoms with Crippen LogP contribution >= 0.6 is 0 Å². The summed E-state index contributed by atoms with van der Waals surface area (Å²) in [5.74, 6) is -0.977. The molecule has 38 heavy (non-hydrogen) atoms. The molecule has 1 aliphatic heterocycles. The van der Waals surface area contributed by atoms with Crippen LogP contribution in [0.3, 0.4) is 0 Å². The third-order valence-electron chi connectivity index (χ3n) is 6.18. The van der Waals surface area contributed by atoms with Crippen molar-refractivity contribution in [2.75, 3.05) is 18.5 Å². The van der Waals surface area contributed by atoms with Crippen LogP contribution in [0.5, 0.6) is 5.75 Å². The predicted molar refractivity (Wildman–Crippen MR) is 121 cm³/mol. The fourth-order valence-electron chi connectivity index (χ4n) is 4.22. The van der Waals surface area contributed by atoms with E-state index in [2.05, 4.69) is 20.5 Å². The minimum absolute atomic E-state index is 0.0295. The van der Waals surface area contributed by atoms with Gasteiger partial charge in [0.25, 0.3) is 11.8 Å². The Kier molecular flexibility index (Phi) is 8.19. The van der Waals surface area contributed by atoms with Gasteiger partial charge in [-0.25, -0.2) is 4.68 Å². The smallest absolute Gasteiger partial charge is 0.484 e. The number of halogens is 6. The molecule has 1 aliphatic carbocycles. The number of nitrogens with zero attached hydrogens (tertiary/aromatic N) is 2. The summed E-state index contributed by atoms with van der Waals surface area (Å²) in [7, 11) is 0. The number of benzene rings is 1. The van der Waals surface area contributed by atoms with Gasteiger partial charge in [-0.3, -0.25) is 14.3 Å². The average molecular weight is 548 g/mol. The molecular weight excluding hydrogens is 522 g/mol. The van der Waals surface area contributed by atoms with Gasteiger partial charge in [-0.15, -0.1) is 13.2 Å². The zero-order valence-electron chi connectivity index (χ0n) is 20.1. The van der Waals surface area contributed by atoms with Crippen LogP contribution in [0.15, 0.2) is 24.3 Å². The van der Waals surface area contributed by atoms with Crippen molar-refractivity contribution >= 4 is 17.6 Å². The van der Waals surface area contributed by atoms with Gasteiger partial charge in [0, 0.05) is 19.0 Å². The monoisotopic (exact) mass is 548 g/mol. The standard InChI is InChI=1S/C24H26F6N4O4/c25-23(26,27)13-37-17-3-1-2-15(10-17)6-7-16-11-18-20(22(36)31-16)21(32-19(35)12-38-24(28,29)30)34(33-18)9-8-14-4-5-14/h1-3,10,14,16H,4-9,11-13H2,(H,31,36)(H,32,35). The minimum atomic E-state index is -4.97. The number of amides is 2. The number of nitrogens with one attached hydrogen (secondary N) is 2. The van der Waals surface area contributed by atoms with E-state index in [1.165, 1.54) is 16.8 Å². The number of alkyl halides is 6. The Labute approximate surface area is 213 Å². The number of hydrogen-bond donors (Lipinski definition) is 2. The number of anilines is 1. The van der Waals surface area contributed by atoms with Gasteiger partial charge in [-0.1, -0.05) is 25.0 Å². The Morgan fingerprint density at radius 1 is 1.16 bits per heavy atom. The van der Waals surface area contributed by atoms with E-state index in [-0.39, 0.29) is 23.2 Å². The Morgan fingerprint density at radius 3 is 2.61 bits per heavy atom. The largest absolute Gasteiger partial charge is 0.523 e. The lowest BCUT2D eigenvalue weighted by Crippen LogP contribution is -2.41. The Bertz CT molecular complexity index is 1160. The number of fused-ring (bicyclic) bond motifs is 1. The highest BCUT2D eigenvalue weighted by Gasteiger charge is 2.34. The predicted octanol–water partition coefficient (Wildman–Crippen LogP) is 4.39. The van der Waals surface area contributed by atoms with Crippen LogP contribution in [-0.2, 0) is 28.9 Å². The topological polar surface area (TPSA) is 94.5 Å². The van der Waals surface area contributed by atoms with Crippen molar-refractivity contribution in [3.8, 4) is 5.75 Å². The average Bonchev–Trinajstić information content (AvgIpc) is 3.59. The molecule has 2 aliphatic rings. The maximum atomic E-state index is 13.0. The van der Waals surface area contributed by atoms with Crippen molar-refractivity contribution in [2.45, 2.75) is 63.7 Å². The highest BCUT2D eigenvalue weighted by atomic mass is 19.4. The van der Waals surface area contributed by atoms with E-state index in [4.69, 9.17) is 4.74 Å². The first-order valence-corrected chi connectivity index (χ1v) is 12.1. The lowest BCUT2D eigenvalue weighted by molar-refractivity contribution is -0.320. The maximum Gasteiger partial charge on any atom is 0.523 e. The van der Waals surface area contributed by atoms with Gasteiger partial charge in [-0.2, -0.15) is 18.3 Å². The zero-order valence-corrected chi connectivity index (χ0v) is 20.1. The normalized spacial score (nSPS) is 17.6. The summed E-state index contributed by atoms with van der Waals surface area (Å²) in [6, 6.07) is 5.90. The molecule has 0 saturated heterocycles. The van der Waals surface area contributed by atoms with Crippen LogP contribution in [0.4, 0.5) is 32.2 Å². The molecule has 2 heterocycles. The summed E-state index contributed by atoms with van der Waals surface area (Å²) in [5, 5.41) is 9.66. The molecule has 0 spiro atoms. The van der Waals surface area contributed by atoms with Gasteiger partial charge in [0.15, 0.2) is 6.61 Å². The van der Waals surface area contributed by atoms with Crippen LogP contribution in [0.2, 0.25) is 0 Å². The molecule has 208 valence electrons. The number of carbonyl (C=O) groups excluding carboxylic acids is 2. The fraction of sp³-hybridized carbons (Fsp3) is 0.542. The van der Waals surface area contributed by atoms with Crippen LogP contribution in [-0.4, -0.2) is 53.4 Å². The van der Waals surface area contributed by atoms with Crippen molar-refractivity contribution < 1.29 is 45.4 Å². The van der Waals surface area contributed by atoms with Crippen molar-refractivity contribution in [2.24, 2.45) is 5.92 Å². The minimum Gasteiger partial charge on any atom is -0.484 e. The molecule has 4 rings (SSSR count). The van der Waals surface area contributed by atoms with Crippen LogP contribution in [0.1, 0.15) is 47.3 Å². The van der Waals surface area contributed by atoms with E-state index >= 15 is 0 Å². The van der Waals surface area contributed by atoms with Crippen molar-refractivity contribution in [3.63, 3.8) is 0 Å². The third kappa shape index (κ3) is 8.10. The van der Waals surface area contributed by atoms with Crippen molar-refractivity contribution in [1.82, 2.24) is 15.1 Å². The molecule has 1 aromatic heterocycles. The number of rotatable bonds is 11. The molecule has 14 heteroatoms. The second kappa shape index (κ2) is 11.2. The van der Waals surface area contributed by atoms with Crippen LogP contribution in [0, 0.1) is 5.92 Å². The highest BCUT2D eigenvalue weighted by Crippen LogP contribution is 2.34. The Hall–Kier alpha value is -3.29. The number of ether oxygens (including phenoxy) is 2. The van der Waals surface area contributed by atoms with Crippen LogP contribution in [0.25, 0.3) is 0 Å². The van der Waals surface area contributed by atoms with Gasteiger partial charge in [0.1, 0.15) is 23.7 Å². The highest BCUT2D eigenvalue weighted by molar-refractivity contribution is 6.05. The fourth-order valence-corrected chi connectivity index (χ4v) is 4.22. The molecule has 2 N–H and O–H groups in total. The molecule has 1 atom stereocenters. The lowest BCUT2D eigenvalue weighted by atomic mass is 9.96. The summed E-state index contributed by atoms with van der Waals surface area (Å²) >= 11 is 0. The number of hydrogen-bond acceptors (Lipinski definition) is 5. The second-order valence-corrected chi connectivity index (χ2v) is 9.37. The van der Waals surface area contributed by atoms with Crippen molar-refractivity contribution in [3.05, 3.63) is 41.1 Å². The molecule has 1 aromatic carbocycles. The first kappa shape index (κ1) is 27.7. The first-order valence-electron chi connectivity index (χ1n) is 12.1. The third-order valence-corrected chi connectivity index (χ3v) is 6.18. The number of aromatic nitrogens is 2. The van der Waals surface area contributed by atoms with E-state index in [9.17, 15) is 35.9 Å². The maximum absolute atomic E-state index is 13.0. The molecule has 0 radical (unpaired) electrons. The molecule has 1 unspecified atom stereocenters. The molecule has 2 amide bonds. The summed E-state index contributed by atoms with van der Waals surface area (Å²) in [6.45, 7) is -2.28. The van der Waals surface area contributed by atoms with E-state index in [0.29, 0.717) is 37.4 Å². The quantitative estimate of drug-likeness (QED) is 0.407. The summed E-state index contributed by atoms with van der Waals surface area (Å²) in [6.07, 6.45) is -5.36. The van der Waals surface area contributed by atoms with Gasteiger partial charge >= 0.3 is 12.5 Å². The first-order chi connectivity index (χ1) is 17.9. The van der Waals surface area contributed by atoms with E-state index < -0.39 is 37.6 Å². The summed E-state index contributed by atoms with van der Waals surface area (Å²) < 4.78 is 84.1. The van der Waals surface area contributed by atoms with E-state index in [1.54, 1.807) is 12.1 Å². The lowest BCUT2D eigenvalue weighted by Gasteiger charge is -2.23. The molecule has 2 aromatic rings. The number of aryl methyl sites for hydroxylation is 2. The van der Waals surface area contributed by atoms with Gasteiger partial charge < -0.3 is 15.4 Å². The Morgan fingerprint density at radius 2 is 1.92 bits per heavy atom. The summed E-state index contributed by atoms with van der Waals surface area (Å²) in [4.78, 5) is 25.1. The second-order valence-electron chi connectivity index (χ2n) is 9.37. The van der Waals surface area contributed by atoms with Crippen molar-refractivity contribution in [1.29, 1.82) is 0 Å². The molecular formula is C24H26F6N4O4. The molecule has 0 bridgehead atoms. The van der Waals surface area contributed by atoms with E-state index in [1.807, 2.05) is 0 Å². The van der Waals surface area contributed by atoms with Gasteiger partial charge in [-0.05, 0) is 42.9 Å². The Balaban J connectivity index is 1.42. The van der Waals surface area contributed by atoms with Gasteiger partial charge in [0.05, 0.1) is 5.69 Å². The SMILES string of the molecule is O=C(COC(F)(F)F)Nc1c2c(nn1CCC1CC1)CC(CCc1cccc(OCC(F)(F)F)c1)NC2=O. The zero-order chi connectivity index (χ0) is 27.5. The molecule has 1 fully saturated rings. The van der Waals surface area contributed by atoms with Gasteiger partial charge in [0.2, 0.25) is 0 Å². The molecule has 8 nitrogen and oxygen atoms in total. The van der Waals surface area contributed by atoms with E-state index in [0.717, 1.165) is 24.8 Å². The molecule has 1 saturated carbocycles. The van der Waals surface area contributed by atoms with Crippen LogP contribution < -0.4 is 15.4 Å². The summed E-state index contributed by atoms with van der Waals surface area (Å²) in [5.41, 5.74) is 1.22. The number of carbonyl (C=O) groups is 2.